The molecule has 8 nitrogen and oxygen atoms in total. The van der Waals surface area contributed by atoms with Gasteiger partial charge in [-0.15, -0.1) is 0 Å². The first kappa shape index (κ1) is 12.3. The third-order valence-corrected chi connectivity index (χ3v) is 2.93. The molecule has 0 fully saturated rings. The van der Waals surface area contributed by atoms with E-state index >= 15 is 0 Å². The summed E-state index contributed by atoms with van der Waals surface area (Å²) in [5.41, 5.74) is 5.74. The minimum atomic E-state index is -1.07. The molecule has 0 aliphatic carbocycles. The van der Waals surface area contributed by atoms with Gasteiger partial charge in [-0.05, 0) is 6.07 Å². The minimum Gasteiger partial charge on any atom is -0.486 e. The largest absolute Gasteiger partial charge is 0.486 e. The van der Waals surface area contributed by atoms with E-state index in [-0.39, 0.29) is 12.2 Å². The number of aromatic nitrogens is 2. The second-order valence-corrected chi connectivity index (χ2v) is 4.28. The fourth-order valence-corrected chi connectivity index (χ4v) is 2.14. The van der Waals surface area contributed by atoms with Crippen LogP contribution in [-0.4, -0.2) is 40.0 Å². The molecule has 1 aliphatic rings. The van der Waals surface area contributed by atoms with Gasteiger partial charge in [0.05, 0.1) is 5.52 Å². The summed E-state index contributed by atoms with van der Waals surface area (Å²) in [7, 11) is 0. The van der Waals surface area contributed by atoms with Crippen LogP contribution in [-0.2, 0) is 11.3 Å². The van der Waals surface area contributed by atoms with Gasteiger partial charge in [0.15, 0.2) is 17.2 Å². The number of carboxylic acid groups (broad SMARTS) is 1. The van der Waals surface area contributed by atoms with Crippen molar-refractivity contribution in [3.8, 4) is 11.5 Å². The van der Waals surface area contributed by atoms with Crippen LogP contribution >= 0.6 is 0 Å². The lowest BCUT2D eigenvalue weighted by Gasteiger charge is -2.18. The number of primary amides is 1. The molecule has 1 aromatic carbocycles. The van der Waals surface area contributed by atoms with E-state index < -0.39 is 11.9 Å². The molecule has 3 N–H and O–H groups in total. The normalized spacial score (nSPS) is 13.4. The summed E-state index contributed by atoms with van der Waals surface area (Å²) in [6.07, 6.45) is 0. The summed E-state index contributed by atoms with van der Waals surface area (Å²) in [6, 6.07) is 3.20. The number of nitrogens with two attached hydrogens (primary N) is 1. The van der Waals surface area contributed by atoms with Crippen LogP contribution in [0.4, 0.5) is 0 Å². The molecular weight excluding hydrogens is 266 g/mol. The van der Waals surface area contributed by atoms with Crippen molar-refractivity contribution in [1.29, 1.82) is 0 Å². The zero-order valence-electron chi connectivity index (χ0n) is 10.3. The number of hydrogen-bond acceptors (Lipinski definition) is 5. The third-order valence-electron chi connectivity index (χ3n) is 2.93. The molecule has 0 spiro atoms. The molecule has 0 unspecified atom stereocenters. The number of rotatable bonds is 3. The number of aliphatic carboxylic acids is 1. The maximum absolute atomic E-state index is 11.4. The molecule has 1 aliphatic heterocycles. The van der Waals surface area contributed by atoms with Gasteiger partial charge in [0, 0.05) is 11.5 Å². The number of carboxylic acids is 1. The quantitative estimate of drug-likeness (QED) is 0.815. The summed E-state index contributed by atoms with van der Waals surface area (Å²) in [6.45, 7) is 0.450. The molecule has 104 valence electrons. The number of amides is 1. The molecule has 0 saturated carbocycles. The lowest BCUT2D eigenvalue weighted by Crippen LogP contribution is -2.15. The van der Waals surface area contributed by atoms with E-state index in [0.29, 0.717) is 35.6 Å². The average Bonchev–Trinajstić information content (AvgIpc) is 2.74. The van der Waals surface area contributed by atoms with E-state index in [4.69, 9.17) is 20.3 Å². The smallest absolute Gasteiger partial charge is 0.325 e. The van der Waals surface area contributed by atoms with Crippen molar-refractivity contribution in [3.63, 3.8) is 0 Å². The Kier molecular flexibility index (Phi) is 2.70. The predicted octanol–water partition coefficient (Wildman–Crippen LogP) is -0.00900. The van der Waals surface area contributed by atoms with Crippen LogP contribution in [0.1, 0.15) is 10.5 Å². The van der Waals surface area contributed by atoms with Gasteiger partial charge in [-0.2, -0.15) is 5.10 Å². The molecule has 0 saturated heterocycles. The van der Waals surface area contributed by atoms with Gasteiger partial charge in [0.2, 0.25) is 0 Å². The van der Waals surface area contributed by atoms with Crippen molar-refractivity contribution in [3.05, 3.63) is 17.8 Å². The Hall–Kier alpha value is -2.77. The van der Waals surface area contributed by atoms with Crippen LogP contribution in [0.5, 0.6) is 11.5 Å². The second-order valence-electron chi connectivity index (χ2n) is 4.28. The molecule has 3 rings (SSSR count). The Morgan fingerprint density at radius 3 is 2.55 bits per heavy atom. The standard InChI is InChI=1S/C12H11N3O5/c13-12(18)11-6-3-8-9(20-2-1-19-8)4-7(6)15(14-11)5-10(16)17/h3-4H,1-2,5H2,(H2,13,18)(H,16,17). The van der Waals surface area contributed by atoms with Crippen molar-refractivity contribution < 1.29 is 24.2 Å². The first-order chi connectivity index (χ1) is 9.56. The van der Waals surface area contributed by atoms with Gasteiger partial charge in [-0.3, -0.25) is 14.3 Å². The van der Waals surface area contributed by atoms with Crippen molar-refractivity contribution in [2.75, 3.05) is 13.2 Å². The molecule has 0 atom stereocenters. The molecular formula is C12H11N3O5. The highest BCUT2D eigenvalue weighted by molar-refractivity contribution is 6.05. The highest BCUT2D eigenvalue weighted by atomic mass is 16.6. The van der Waals surface area contributed by atoms with Crippen LogP contribution in [0.15, 0.2) is 12.1 Å². The number of hydrogen-bond donors (Lipinski definition) is 2. The summed E-state index contributed by atoms with van der Waals surface area (Å²) >= 11 is 0. The molecule has 8 heteroatoms. The molecule has 2 heterocycles. The van der Waals surface area contributed by atoms with Crippen LogP contribution in [0.3, 0.4) is 0 Å². The van der Waals surface area contributed by atoms with Gasteiger partial charge >= 0.3 is 5.97 Å². The molecule has 0 radical (unpaired) electrons. The fourth-order valence-electron chi connectivity index (χ4n) is 2.14. The predicted molar refractivity (Wildman–Crippen MR) is 66.9 cm³/mol. The maximum atomic E-state index is 11.4. The van der Waals surface area contributed by atoms with E-state index in [1.807, 2.05) is 0 Å². The van der Waals surface area contributed by atoms with Crippen molar-refractivity contribution >= 4 is 22.8 Å². The Morgan fingerprint density at radius 2 is 1.95 bits per heavy atom. The van der Waals surface area contributed by atoms with Gasteiger partial charge in [-0.25, -0.2) is 0 Å². The van der Waals surface area contributed by atoms with E-state index in [1.165, 1.54) is 4.68 Å². The Bertz CT molecular complexity index is 721. The Labute approximate surface area is 112 Å². The fraction of sp³-hybridized carbons (Fsp3) is 0.250. The zero-order valence-corrected chi connectivity index (χ0v) is 10.3. The van der Waals surface area contributed by atoms with Crippen molar-refractivity contribution in [2.24, 2.45) is 5.73 Å². The monoisotopic (exact) mass is 277 g/mol. The number of fused-ring (bicyclic) bond motifs is 2. The van der Waals surface area contributed by atoms with E-state index in [9.17, 15) is 9.59 Å². The van der Waals surface area contributed by atoms with Gasteiger partial charge < -0.3 is 20.3 Å². The van der Waals surface area contributed by atoms with Gasteiger partial charge in [0.1, 0.15) is 19.8 Å². The van der Waals surface area contributed by atoms with Crippen molar-refractivity contribution in [2.45, 2.75) is 6.54 Å². The van der Waals surface area contributed by atoms with E-state index in [0.717, 1.165) is 0 Å². The molecule has 20 heavy (non-hydrogen) atoms. The summed E-state index contributed by atoms with van der Waals surface area (Å²) in [4.78, 5) is 22.3. The first-order valence-electron chi connectivity index (χ1n) is 5.88. The topological polar surface area (TPSA) is 117 Å². The molecule has 0 bridgehead atoms. The first-order valence-corrected chi connectivity index (χ1v) is 5.88. The lowest BCUT2D eigenvalue weighted by atomic mass is 10.1. The van der Waals surface area contributed by atoms with Gasteiger partial charge in [0.25, 0.3) is 5.91 Å². The number of nitrogens with zero attached hydrogens (tertiary/aromatic N) is 2. The Morgan fingerprint density at radius 1 is 1.30 bits per heavy atom. The number of carbonyl (C=O) groups is 2. The van der Waals surface area contributed by atoms with E-state index in [2.05, 4.69) is 5.10 Å². The summed E-state index contributed by atoms with van der Waals surface area (Å²) in [5, 5.41) is 13.3. The molecule has 1 aromatic heterocycles. The maximum Gasteiger partial charge on any atom is 0.325 e. The third kappa shape index (κ3) is 1.91. The number of carbonyl (C=O) groups excluding carboxylic acids is 1. The highest BCUT2D eigenvalue weighted by Gasteiger charge is 2.21. The number of benzene rings is 1. The highest BCUT2D eigenvalue weighted by Crippen LogP contribution is 2.35. The zero-order chi connectivity index (χ0) is 14.3. The minimum absolute atomic E-state index is 0.0122. The van der Waals surface area contributed by atoms with Crippen LogP contribution in [0.2, 0.25) is 0 Å². The van der Waals surface area contributed by atoms with E-state index in [1.54, 1.807) is 12.1 Å². The summed E-state index contributed by atoms with van der Waals surface area (Å²) in [5.74, 6) is -0.816. The number of ether oxygens (including phenoxy) is 2. The summed E-state index contributed by atoms with van der Waals surface area (Å²) < 4.78 is 12.1. The van der Waals surface area contributed by atoms with Crippen molar-refractivity contribution in [1.82, 2.24) is 9.78 Å². The van der Waals surface area contributed by atoms with Gasteiger partial charge in [-0.1, -0.05) is 0 Å². The van der Waals surface area contributed by atoms with Crippen LogP contribution in [0.25, 0.3) is 10.9 Å². The average molecular weight is 277 g/mol. The Balaban J connectivity index is 2.24. The van der Waals surface area contributed by atoms with Crippen LogP contribution < -0.4 is 15.2 Å². The van der Waals surface area contributed by atoms with Crippen LogP contribution in [0, 0.1) is 0 Å². The SMILES string of the molecule is NC(=O)c1nn(CC(=O)O)c2cc3c(cc12)OCCO3. The molecule has 1 amide bonds. The molecule has 2 aromatic rings. The lowest BCUT2D eigenvalue weighted by molar-refractivity contribution is -0.137. The second kappa shape index (κ2) is 4.41.